The van der Waals surface area contributed by atoms with Gasteiger partial charge in [-0.15, -0.1) is 0 Å². The Balaban J connectivity index is 1.44. The van der Waals surface area contributed by atoms with Gasteiger partial charge >= 0.3 is 6.01 Å². The summed E-state index contributed by atoms with van der Waals surface area (Å²) in [6.45, 7) is 6.09. The zero-order valence-corrected chi connectivity index (χ0v) is 23.7. The Morgan fingerprint density at radius 3 is 2.49 bits per heavy atom. The molecule has 1 aliphatic heterocycles. The second-order valence-electron chi connectivity index (χ2n) is 9.49. The molecule has 4 aromatic rings. The molecule has 2 aromatic carbocycles. The molecule has 2 aromatic heterocycles. The summed E-state index contributed by atoms with van der Waals surface area (Å²) in [7, 11) is -4.06. The first-order valence-corrected chi connectivity index (χ1v) is 14.1. The lowest BCUT2D eigenvalue weighted by atomic mass is 9.87. The number of hydrogen-bond donors (Lipinski definition) is 1. The van der Waals surface area contributed by atoms with Gasteiger partial charge in [-0.25, -0.2) is 23.1 Å². The van der Waals surface area contributed by atoms with Crippen molar-refractivity contribution in [2.75, 3.05) is 24.7 Å². The second-order valence-corrected chi connectivity index (χ2v) is 12.1. The molecule has 11 nitrogen and oxygen atoms in total. The number of benzene rings is 2. The third-order valence-corrected chi connectivity index (χ3v) is 7.48. The van der Waals surface area contributed by atoms with Crippen LogP contribution in [0.3, 0.4) is 0 Å². The average Bonchev–Trinajstić information content (AvgIpc) is 3.53. The van der Waals surface area contributed by atoms with Crippen LogP contribution < -0.4 is 23.7 Å². The number of ether oxygens (including phenoxy) is 4. The number of rotatable bonds is 9. The molecule has 3 heterocycles. The van der Waals surface area contributed by atoms with Crippen LogP contribution in [0.4, 0.5) is 5.88 Å². The van der Waals surface area contributed by atoms with E-state index in [0.717, 1.165) is 4.47 Å². The maximum atomic E-state index is 13.6. The summed E-state index contributed by atoms with van der Waals surface area (Å²) in [6, 6.07) is 12.2. The molecular weight excluding hydrogens is 592 g/mol. The number of anilines is 1. The minimum atomic E-state index is -4.06. The molecule has 0 amide bonds. The molecule has 5 rings (SSSR count). The normalized spacial score (nSPS) is 12.8. The lowest BCUT2D eigenvalue weighted by molar-refractivity contribution is 0.174. The van der Waals surface area contributed by atoms with E-state index in [1.54, 1.807) is 54.9 Å². The lowest BCUT2D eigenvalue weighted by Gasteiger charge is -2.22. The summed E-state index contributed by atoms with van der Waals surface area (Å²) in [5, 5.41) is 4.00. The van der Waals surface area contributed by atoms with Gasteiger partial charge in [0.2, 0.25) is 12.7 Å². The monoisotopic (exact) mass is 616 g/mol. The molecule has 0 aliphatic carbocycles. The molecule has 0 bridgehead atoms. The second kappa shape index (κ2) is 10.7. The molecule has 0 saturated heterocycles. The van der Waals surface area contributed by atoms with Crippen molar-refractivity contribution in [2.24, 2.45) is 0 Å². The molecule has 0 spiro atoms. The summed E-state index contributed by atoms with van der Waals surface area (Å²) >= 11 is 3.27. The zero-order chi connectivity index (χ0) is 27.6. The molecule has 0 radical (unpaired) electrons. The quantitative estimate of drug-likeness (QED) is 0.251. The van der Waals surface area contributed by atoms with Crippen LogP contribution in [0.15, 0.2) is 68.7 Å². The van der Waals surface area contributed by atoms with Crippen LogP contribution >= 0.6 is 15.9 Å². The molecule has 0 atom stereocenters. The van der Waals surface area contributed by atoms with Gasteiger partial charge in [0.15, 0.2) is 11.5 Å². The van der Waals surface area contributed by atoms with Crippen molar-refractivity contribution in [3.8, 4) is 34.5 Å². The largest absolute Gasteiger partial charge is 0.471 e. The van der Waals surface area contributed by atoms with Gasteiger partial charge in [-0.3, -0.25) is 0 Å². The highest BCUT2D eigenvalue weighted by Crippen LogP contribution is 2.43. The number of nitrogens with one attached hydrogen (secondary N) is 1. The average molecular weight is 617 g/mol. The van der Waals surface area contributed by atoms with E-state index in [0.29, 0.717) is 28.2 Å². The van der Waals surface area contributed by atoms with Crippen LogP contribution in [-0.4, -0.2) is 43.5 Å². The van der Waals surface area contributed by atoms with Gasteiger partial charge in [0.1, 0.15) is 18.8 Å². The van der Waals surface area contributed by atoms with Crippen molar-refractivity contribution in [1.29, 1.82) is 0 Å². The predicted octanol–water partition coefficient (Wildman–Crippen LogP) is 5.18. The van der Waals surface area contributed by atoms with E-state index in [4.69, 9.17) is 23.5 Å². The Morgan fingerprint density at radius 2 is 1.72 bits per heavy atom. The SMILES string of the molecule is CC(C)(C)c1ccccc1S(=O)(=O)Nc1onc(OCCOc2ncc(Br)cn2)c1-c1ccc2c(c1)OCO2. The zero-order valence-electron chi connectivity index (χ0n) is 21.3. The molecular formula is C26H25BrN4O7S. The van der Waals surface area contributed by atoms with Crippen LogP contribution in [0, 0.1) is 0 Å². The molecule has 13 heteroatoms. The smallest absolute Gasteiger partial charge is 0.316 e. The van der Waals surface area contributed by atoms with E-state index in [2.05, 4.69) is 35.8 Å². The van der Waals surface area contributed by atoms with E-state index < -0.39 is 15.4 Å². The molecule has 1 aliphatic rings. The number of aromatic nitrogens is 3. The van der Waals surface area contributed by atoms with Gasteiger partial charge in [-0.1, -0.05) is 45.0 Å². The molecule has 39 heavy (non-hydrogen) atoms. The number of nitrogens with zero attached hydrogens (tertiary/aromatic N) is 3. The summed E-state index contributed by atoms with van der Waals surface area (Å²) < 4.78 is 58.1. The minimum Gasteiger partial charge on any atom is -0.471 e. The van der Waals surface area contributed by atoms with Crippen molar-refractivity contribution in [1.82, 2.24) is 15.1 Å². The number of halogens is 1. The van der Waals surface area contributed by atoms with E-state index >= 15 is 0 Å². The van der Waals surface area contributed by atoms with Crippen molar-refractivity contribution in [2.45, 2.75) is 31.1 Å². The maximum Gasteiger partial charge on any atom is 0.316 e. The first-order valence-electron chi connectivity index (χ1n) is 11.9. The summed E-state index contributed by atoms with van der Waals surface area (Å²) in [5.74, 6) is 1.03. The number of sulfonamides is 1. The van der Waals surface area contributed by atoms with Crippen LogP contribution in [-0.2, 0) is 15.4 Å². The Hall–Kier alpha value is -3.84. The Morgan fingerprint density at radius 1 is 1.00 bits per heavy atom. The standard InChI is InChI=1S/C26H25BrN4O7S/c1-26(2,3)18-6-4-5-7-21(18)39(32,33)31-24-22(16-8-9-19-20(12-16)37-15-36-19)23(30-38-24)34-10-11-35-25-28-13-17(27)14-29-25/h4-9,12-14,31H,10-11,15H2,1-3H3. The van der Waals surface area contributed by atoms with Crippen LogP contribution in [0.1, 0.15) is 26.3 Å². The summed E-state index contributed by atoms with van der Waals surface area (Å²) in [5.41, 5.74) is 1.09. The minimum absolute atomic E-state index is 0.0581. The van der Waals surface area contributed by atoms with Gasteiger partial charge in [0.05, 0.1) is 9.37 Å². The Kier molecular flexibility index (Phi) is 7.36. The van der Waals surface area contributed by atoms with E-state index in [9.17, 15) is 8.42 Å². The van der Waals surface area contributed by atoms with Crippen molar-refractivity contribution < 1.29 is 31.9 Å². The van der Waals surface area contributed by atoms with Gasteiger partial charge in [-0.2, -0.15) is 0 Å². The van der Waals surface area contributed by atoms with Gasteiger partial charge < -0.3 is 23.5 Å². The third-order valence-electron chi connectivity index (χ3n) is 5.68. The highest BCUT2D eigenvalue weighted by Gasteiger charge is 2.30. The summed E-state index contributed by atoms with van der Waals surface area (Å²) in [4.78, 5) is 8.23. The van der Waals surface area contributed by atoms with Crippen LogP contribution in [0.2, 0.25) is 0 Å². The molecule has 0 saturated carbocycles. The van der Waals surface area contributed by atoms with Crippen molar-refractivity contribution >= 4 is 31.8 Å². The van der Waals surface area contributed by atoms with Crippen LogP contribution in [0.5, 0.6) is 23.4 Å². The molecule has 0 unspecified atom stereocenters. The van der Waals surface area contributed by atoms with Gasteiger partial charge in [0.25, 0.3) is 15.9 Å². The third kappa shape index (κ3) is 5.93. The highest BCUT2D eigenvalue weighted by atomic mass is 79.9. The Bertz CT molecular complexity index is 1580. The van der Waals surface area contributed by atoms with Crippen LogP contribution in [0.25, 0.3) is 11.1 Å². The first kappa shape index (κ1) is 26.8. The van der Waals surface area contributed by atoms with Crippen molar-refractivity contribution in [3.63, 3.8) is 0 Å². The lowest BCUT2D eigenvalue weighted by Crippen LogP contribution is -2.21. The van der Waals surface area contributed by atoms with Gasteiger partial charge in [0, 0.05) is 12.4 Å². The fourth-order valence-electron chi connectivity index (χ4n) is 3.89. The fourth-order valence-corrected chi connectivity index (χ4v) is 5.51. The van der Waals surface area contributed by atoms with Crippen molar-refractivity contribution in [3.05, 3.63) is 64.9 Å². The fraction of sp³-hybridized carbons (Fsp3) is 0.269. The highest BCUT2D eigenvalue weighted by molar-refractivity contribution is 9.10. The van der Waals surface area contributed by atoms with E-state index in [1.807, 2.05) is 20.8 Å². The Labute approximate surface area is 233 Å². The number of fused-ring (bicyclic) bond motifs is 1. The number of hydrogen-bond acceptors (Lipinski definition) is 10. The van der Waals surface area contributed by atoms with E-state index in [-0.39, 0.29) is 42.7 Å². The molecule has 1 N–H and O–H groups in total. The van der Waals surface area contributed by atoms with Gasteiger partial charge in [-0.05, 0) is 55.8 Å². The predicted molar refractivity (Wildman–Crippen MR) is 145 cm³/mol. The maximum absolute atomic E-state index is 13.6. The van der Waals surface area contributed by atoms with E-state index in [1.165, 1.54) is 0 Å². The topological polar surface area (TPSA) is 135 Å². The molecule has 204 valence electrons. The first-order chi connectivity index (χ1) is 18.6. The summed E-state index contributed by atoms with van der Waals surface area (Å²) in [6.07, 6.45) is 3.13. The molecule has 0 fully saturated rings.